The van der Waals surface area contributed by atoms with Crippen molar-refractivity contribution < 1.29 is 13.2 Å². The average Bonchev–Trinajstić information content (AvgIpc) is 2.38. The highest BCUT2D eigenvalue weighted by Gasteiger charge is 2.26. The molecule has 1 rings (SSSR count). The van der Waals surface area contributed by atoms with E-state index in [-0.39, 0.29) is 11.1 Å². The Labute approximate surface area is 113 Å². The van der Waals surface area contributed by atoms with Gasteiger partial charge in [-0.2, -0.15) is 4.31 Å². The van der Waals surface area contributed by atoms with Gasteiger partial charge in [0.1, 0.15) is 0 Å². The Morgan fingerprint density at radius 3 is 2.61 bits per heavy atom. The highest BCUT2D eigenvalue weighted by atomic mass is 35.5. The largest absolute Gasteiger partial charge is 0.383 e. The number of ether oxygens (including phenoxy) is 1. The monoisotopic (exact) mass is 292 g/mol. The minimum absolute atomic E-state index is 0.0156. The molecule has 0 bridgehead atoms. The highest BCUT2D eigenvalue weighted by molar-refractivity contribution is 7.89. The normalized spacial score (nSPS) is 13.8. The van der Waals surface area contributed by atoms with Crippen molar-refractivity contribution in [1.29, 1.82) is 0 Å². The third-order valence-corrected chi connectivity index (χ3v) is 4.82. The van der Waals surface area contributed by atoms with E-state index in [9.17, 15) is 8.42 Å². The molecular formula is C11H17ClN2O3S. The van der Waals surface area contributed by atoms with Crippen LogP contribution < -0.4 is 0 Å². The second-order valence-electron chi connectivity index (χ2n) is 3.96. The van der Waals surface area contributed by atoms with Gasteiger partial charge in [-0.1, -0.05) is 6.07 Å². The number of halogens is 1. The maximum Gasteiger partial charge on any atom is 0.260 e. The summed E-state index contributed by atoms with van der Waals surface area (Å²) in [6.45, 7) is 2.10. The lowest BCUT2D eigenvalue weighted by atomic mass is 10.3. The molecule has 1 aromatic rings. The predicted molar refractivity (Wildman–Crippen MR) is 70.1 cm³/mol. The number of alkyl halides is 1. The van der Waals surface area contributed by atoms with Crippen LogP contribution in [0.2, 0.25) is 0 Å². The predicted octanol–water partition coefficient (Wildman–Crippen LogP) is 1.48. The van der Waals surface area contributed by atoms with Crippen molar-refractivity contribution in [2.24, 2.45) is 0 Å². The Kier molecular flexibility index (Phi) is 5.52. The second kappa shape index (κ2) is 6.47. The van der Waals surface area contributed by atoms with E-state index in [1.165, 1.54) is 30.7 Å². The van der Waals surface area contributed by atoms with Crippen molar-refractivity contribution in [1.82, 2.24) is 9.29 Å². The van der Waals surface area contributed by atoms with Crippen molar-refractivity contribution in [2.45, 2.75) is 23.9 Å². The lowest BCUT2D eigenvalue weighted by molar-refractivity contribution is 0.149. The van der Waals surface area contributed by atoms with E-state index in [0.717, 1.165) is 5.56 Å². The number of aromatic nitrogens is 1. The second-order valence-corrected chi connectivity index (χ2v) is 6.18. The van der Waals surface area contributed by atoms with E-state index in [1.54, 1.807) is 13.0 Å². The fraction of sp³-hybridized carbons (Fsp3) is 0.545. The minimum Gasteiger partial charge on any atom is -0.383 e. The number of nitrogens with zero attached hydrogens (tertiary/aromatic N) is 2. The molecule has 0 saturated heterocycles. The van der Waals surface area contributed by atoms with Crippen molar-refractivity contribution in [3.63, 3.8) is 0 Å². The van der Waals surface area contributed by atoms with Gasteiger partial charge < -0.3 is 4.74 Å². The molecule has 0 aliphatic rings. The van der Waals surface area contributed by atoms with Gasteiger partial charge >= 0.3 is 0 Å². The Hall–Kier alpha value is -0.690. The zero-order valence-electron chi connectivity index (χ0n) is 10.6. The number of hydrogen-bond acceptors (Lipinski definition) is 4. The first kappa shape index (κ1) is 15.4. The molecule has 18 heavy (non-hydrogen) atoms. The summed E-state index contributed by atoms with van der Waals surface area (Å²) in [5.41, 5.74) is 0.781. The van der Waals surface area contributed by atoms with Crippen LogP contribution in [0.4, 0.5) is 0 Å². The van der Waals surface area contributed by atoms with Gasteiger partial charge in [0.15, 0.2) is 5.03 Å². The first-order chi connectivity index (χ1) is 8.43. The molecule has 102 valence electrons. The van der Waals surface area contributed by atoms with E-state index in [0.29, 0.717) is 12.5 Å². The topological polar surface area (TPSA) is 59.5 Å². The lowest BCUT2D eigenvalue weighted by Crippen LogP contribution is -2.38. The van der Waals surface area contributed by atoms with Crippen LogP contribution in [-0.2, 0) is 20.6 Å². The molecule has 0 amide bonds. The Balaban J connectivity index is 2.97. The maximum atomic E-state index is 12.2. The molecule has 0 aliphatic heterocycles. The molecule has 1 heterocycles. The third-order valence-electron chi connectivity index (χ3n) is 2.62. The zero-order chi connectivity index (χ0) is 13.8. The molecule has 7 heteroatoms. The quantitative estimate of drug-likeness (QED) is 0.745. The van der Waals surface area contributed by atoms with Gasteiger partial charge in [-0.15, -0.1) is 11.6 Å². The number of rotatable bonds is 6. The summed E-state index contributed by atoms with van der Waals surface area (Å²) in [4.78, 5) is 3.93. The van der Waals surface area contributed by atoms with Gasteiger partial charge in [0.05, 0.1) is 6.61 Å². The van der Waals surface area contributed by atoms with Gasteiger partial charge in [-0.3, -0.25) is 0 Å². The van der Waals surface area contributed by atoms with Crippen molar-refractivity contribution in [2.75, 3.05) is 20.8 Å². The van der Waals surface area contributed by atoms with Crippen LogP contribution in [0.3, 0.4) is 0 Å². The van der Waals surface area contributed by atoms with E-state index >= 15 is 0 Å². The molecule has 0 spiro atoms. The standard InChI is InChI=1S/C11H17ClN2O3S/c1-9(8-17-3)14(2)18(15,16)11-5-4-10(6-12)7-13-11/h4-5,7,9H,6,8H2,1-3H3. The van der Waals surface area contributed by atoms with Gasteiger partial charge in [-0.05, 0) is 18.6 Å². The van der Waals surface area contributed by atoms with Crippen LogP contribution in [-0.4, -0.2) is 44.5 Å². The lowest BCUT2D eigenvalue weighted by Gasteiger charge is -2.23. The molecule has 0 N–H and O–H groups in total. The number of sulfonamides is 1. The summed E-state index contributed by atoms with van der Waals surface area (Å²) in [6, 6.07) is 2.86. The SMILES string of the molecule is COCC(C)N(C)S(=O)(=O)c1ccc(CCl)cn1. The van der Waals surface area contributed by atoms with Crippen molar-refractivity contribution in [3.05, 3.63) is 23.9 Å². The molecule has 1 aromatic heterocycles. The molecule has 0 fully saturated rings. The van der Waals surface area contributed by atoms with Crippen LogP contribution >= 0.6 is 11.6 Å². The summed E-state index contributed by atoms with van der Waals surface area (Å²) < 4.78 is 30.6. The molecular weight excluding hydrogens is 276 g/mol. The van der Waals surface area contributed by atoms with Crippen LogP contribution in [0.25, 0.3) is 0 Å². The van der Waals surface area contributed by atoms with E-state index in [2.05, 4.69) is 4.98 Å². The Morgan fingerprint density at radius 1 is 1.50 bits per heavy atom. The van der Waals surface area contributed by atoms with Crippen LogP contribution in [0, 0.1) is 0 Å². The minimum atomic E-state index is -3.59. The average molecular weight is 293 g/mol. The smallest absolute Gasteiger partial charge is 0.260 e. The number of pyridine rings is 1. The molecule has 0 saturated carbocycles. The Bertz CT molecular complexity index is 476. The van der Waals surface area contributed by atoms with Crippen LogP contribution in [0.1, 0.15) is 12.5 Å². The van der Waals surface area contributed by atoms with Gasteiger partial charge in [0, 0.05) is 32.3 Å². The number of methoxy groups -OCH3 is 1. The van der Waals surface area contributed by atoms with Gasteiger partial charge in [0.25, 0.3) is 10.0 Å². The Morgan fingerprint density at radius 2 is 2.17 bits per heavy atom. The van der Waals surface area contributed by atoms with Gasteiger partial charge in [0.2, 0.25) is 0 Å². The summed E-state index contributed by atoms with van der Waals surface area (Å²) in [6.07, 6.45) is 1.47. The number of likely N-dealkylation sites (N-methyl/N-ethyl adjacent to an activating group) is 1. The maximum absolute atomic E-state index is 12.2. The summed E-state index contributed by atoms with van der Waals surface area (Å²) in [5.74, 6) is 0.309. The van der Waals surface area contributed by atoms with Gasteiger partial charge in [-0.25, -0.2) is 13.4 Å². The molecule has 0 radical (unpaired) electrons. The third kappa shape index (κ3) is 3.41. The first-order valence-corrected chi connectivity index (χ1v) is 7.38. The van der Waals surface area contributed by atoms with E-state index < -0.39 is 10.0 Å². The molecule has 1 atom stereocenters. The zero-order valence-corrected chi connectivity index (χ0v) is 12.2. The summed E-state index contributed by atoms with van der Waals surface area (Å²) in [7, 11) is -0.544. The highest BCUT2D eigenvalue weighted by Crippen LogP contribution is 2.15. The first-order valence-electron chi connectivity index (χ1n) is 5.41. The molecule has 0 aromatic carbocycles. The number of hydrogen-bond donors (Lipinski definition) is 0. The van der Waals surface area contributed by atoms with Crippen molar-refractivity contribution in [3.8, 4) is 0 Å². The van der Waals surface area contributed by atoms with E-state index in [4.69, 9.17) is 16.3 Å². The molecule has 1 unspecified atom stereocenters. The fourth-order valence-electron chi connectivity index (χ4n) is 1.37. The summed E-state index contributed by atoms with van der Waals surface area (Å²) >= 11 is 5.63. The van der Waals surface area contributed by atoms with Crippen molar-refractivity contribution >= 4 is 21.6 Å². The van der Waals surface area contributed by atoms with Crippen LogP contribution in [0.5, 0.6) is 0 Å². The fourth-order valence-corrected chi connectivity index (χ4v) is 2.79. The molecule has 0 aliphatic carbocycles. The summed E-state index contributed by atoms with van der Waals surface area (Å²) in [5, 5.41) is 0.0156. The van der Waals surface area contributed by atoms with Crippen LogP contribution in [0.15, 0.2) is 23.4 Å². The molecule has 5 nitrogen and oxygen atoms in total. The van der Waals surface area contributed by atoms with E-state index in [1.807, 2.05) is 0 Å².